The van der Waals surface area contributed by atoms with Gasteiger partial charge < -0.3 is 0 Å². The van der Waals surface area contributed by atoms with E-state index in [1.165, 1.54) is 4.41 Å². The van der Waals surface area contributed by atoms with E-state index in [4.69, 9.17) is 10.2 Å². The van der Waals surface area contributed by atoms with E-state index in [9.17, 15) is 8.42 Å². The van der Waals surface area contributed by atoms with Gasteiger partial charge in [0.1, 0.15) is 0 Å². The summed E-state index contributed by atoms with van der Waals surface area (Å²) < 4.78 is 31.9. The summed E-state index contributed by atoms with van der Waals surface area (Å²) in [5.41, 5.74) is 4.89. The van der Waals surface area contributed by atoms with Crippen LogP contribution in [0.1, 0.15) is 23.6 Å². The number of hydrazone groups is 1. The summed E-state index contributed by atoms with van der Waals surface area (Å²) in [7, 11) is -3.94. The van der Waals surface area contributed by atoms with Crippen LogP contribution in [-0.2, 0) is 10.0 Å². The molecule has 0 saturated carbocycles. The van der Waals surface area contributed by atoms with Crippen LogP contribution in [0.2, 0.25) is 0 Å². The molecule has 188 valence electrons. The van der Waals surface area contributed by atoms with Crippen LogP contribution in [-0.4, -0.2) is 28.3 Å². The standard InChI is InChI=1S/C30H23BrN4O2S/c31-24-18-16-22(17-19-24)28-20-29(35(32-28)38(36,37)26-14-8-3-9-15-26)27-21-34(25-12-6-2-7-13-25)33-30(27)23-10-4-1-5-11-23/h1-19,21,29H,20H2/t29-/m0/s1. The lowest BCUT2D eigenvalue weighted by molar-refractivity contribution is 0.372. The molecule has 38 heavy (non-hydrogen) atoms. The van der Waals surface area contributed by atoms with Gasteiger partial charge in [-0.1, -0.05) is 94.8 Å². The second-order valence-electron chi connectivity index (χ2n) is 8.94. The molecule has 6 rings (SSSR count). The van der Waals surface area contributed by atoms with Crippen LogP contribution < -0.4 is 0 Å². The summed E-state index contributed by atoms with van der Waals surface area (Å²) in [6.07, 6.45) is 2.34. The molecule has 5 aromatic rings. The number of hydrogen-bond donors (Lipinski definition) is 0. The Morgan fingerprint density at radius 2 is 1.34 bits per heavy atom. The first kappa shape index (κ1) is 24.3. The molecule has 1 aromatic heterocycles. The number of nitrogens with zero attached hydrogens (tertiary/aromatic N) is 4. The molecule has 0 saturated heterocycles. The lowest BCUT2D eigenvalue weighted by Crippen LogP contribution is -2.27. The maximum atomic E-state index is 14.0. The fraction of sp³-hybridized carbons (Fsp3) is 0.0667. The van der Waals surface area contributed by atoms with Crippen molar-refractivity contribution >= 4 is 31.7 Å². The Bertz CT molecular complexity index is 1700. The summed E-state index contributed by atoms with van der Waals surface area (Å²) >= 11 is 3.48. The van der Waals surface area contributed by atoms with Gasteiger partial charge in [-0.05, 0) is 42.0 Å². The minimum atomic E-state index is -3.94. The second kappa shape index (κ2) is 10.0. The van der Waals surface area contributed by atoms with E-state index in [0.717, 1.165) is 32.5 Å². The Hall–Kier alpha value is -4.01. The first-order valence-corrected chi connectivity index (χ1v) is 14.4. The quantitative estimate of drug-likeness (QED) is 0.220. The largest absolute Gasteiger partial charge is 0.279 e. The molecule has 6 nitrogen and oxygen atoms in total. The van der Waals surface area contributed by atoms with E-state index in [1.807, 2.05) is 95.8 Å². The van der Waals surface area contributed by atoms with Gasteiger partial charge in [0.25, 0.3) is 10.0 Å². The van der Waals surface area contributed by atoms with Gasteiger partial charge in [0, 0.05) is 28.2 Å². The van der Waals surface area contributed by atoms with Crippen molar-refractivity contribution in [3.8, 4) is 16.9 Å². The Kier molecular flexibility index (Phi) is 6.43. The Morgan fingerprint density at radius 1 is 0.737 bits per heavy atom. The molecule has 0 aliphatic carbocycles. The third-order valence-corrected chi connectivity index (χ3v) is 8.73. The van der Waals surface area contributed by atoms with Crippen LogP contribution in [0.15, 0.2) is 136 Å². The fourth-order valence-electron chi connectivity index (χ4n) is 4.62. The number of para-hydroxylation sites is 1. The molecule has 0 spiro atoms. The molecule has 0 N–H and O–H groups in total. The second-order valence-corrected chi connectivity index (χ2v) is 11.7. The fourth-order valence-corrected chi connectivity index (χ4v) is 6.33. The van der Waals surface area contributed by atoms with Crippen molar-refractivity contribution in [3.63, 3.8) is 0 Å². The van der Waals surface area contributed by atoms with Crippen LogP contribution in [0.3, 0.4) is 0 Å². The van der Waals surface area contributed by atoms with Gasteiger partial charge >= 0.3 is 0 Å². The first-order valence-electron chi connectivity index (χ1n) is 12.1. The third-order valence-electron chi connectivity index (χ3n) is 6.51. The average molecular weight is 584 g/mol. The van der Waals surface area contributed by atoms with Gasteiger partial charge in [0.2, 0.25) is 0 Å². The number of aromatic nitrogens is 2. The van der Waals surface area contributed by atoms with Crippen molar-refractivity contribution in [2.24, 2.45) is 5.10 Å². The molecule has 0 fully saturated rings. The number of rotatable bonds is 6. The van der Waals surface area contributed by atoms with E-state index < -0.39 is 16.1 Å². The molecule has 0 bridgehead atoms. The van der Waals surface area contributed by atoms with Crippen molar-refractivity contribution in [2.75, 3.05) is 0 Å². The summed E-state index contributed by atoms with van der Waals surface area (Å²) in [4.78, 5) is 0.197. The highest BCUT2D eigenvalue weighted by molar-refractivity contribution is 9.10. The molecule has 1 aliphatic heterocycles. The average Bonchev–Trinajstić information content (AvgIpc) is 3.61. The molecule has 0 radical (unpaired) electrons. The normalized spacial score (nSPS) is 15.4. The highest BCUT2D eigenvalue weighted by Crippen LogP contribution is 2.41. The Labute approximate surface area is 230 Å². The van der Waals surface area contributed by atoms with Crippen LogP contribution >= 0.6 is 15.9 Å². The topological polar surface area (TPSA) is 67.6 Å². The molecular weight excluding hydrogens is 560 g/mol. The van der Waals surface area contributed by atoms with Crippen LogP contribution in [0, 0.1) is 0 Å². The van der Waals surface area contributed by atoms with Crippen molar-refractivity contribution in [1.29, 1.82) is 0 Å². The van der Waals surface area contributed by atoms with Crippen LogP contribution in [0.5, 0.6) is 0 Å². The SMILES string of the molecule is O=S(=O)(c1ccccc1)N1N=C(c2ccc(Br)cc2)C[C@H]1c1cn(-c2ccccc2)nc1-c1ccccc1. The van der Waals surface area contributed by atoms with Crippen molar-refractivity contribution in [3.05, 3.63) is 137 Å². The predicted molar refractivity (Wildman–Crippen MR) is 153 cm³/mol. The number of hydrogen-bond acceptors (Lipinski definition) is 4. The molecule has 8 heteroatoms. The van der Waals surface area contributed by atoms with E-state index in [1.54, 1.807) is 30.3 Å². The zero-order valence-electron chi connectivity index (χ0n) is 20.2. The molecule has 4 aromatic carbocycles. The summed E-state index contributed by atoms with van der Waals surface area (Å²) in [6.45, 7) is 0. The molecule has 0 amide bonds. The van der Waals surface area contributed by atoms with Crippen molar-refractivity contribution in [1.82, 2.24) is 14.2 Å². The summed E-state index contributed by atoms with van der Waals surface area (Å²) in [5, 5.41) is 9.65. The summed E-state index contributed by atoms with van der Waals surface area (Å²) in [5.74, 6) is 0. The number of benzene rings is 4. The molecule has 1 aliphatic rings. The maximum absolute atomic E-state index is 14.0. The van der Waals surface area contributed by atoms with Crippen molar-refractivity contribution < 1.29 is 8.42 Å². The highest BCUT2D eigenvalue weighted by atomic mass is 79.9. The highest BCUT2D eigenvalue weighted by Gasteiger charge is 2.40. The van der Waals surface area contributed by atoms with Crippen molar-refractivity contribution in [2.45, 2.75) is 17.4 Å². The van der Waals surface area contributed by atoms with Gasteiger partial charge in [-0.3, -0.25) is 0 Å². The smallest absolute Gasteiger partial charge is 0.240 e. The van der Waals surface area contributed by atoms with Gasteiger partial charge in [-0.15, -0.1) is 0 Å². The molecular formula is C30H23BrN4O2S. The van der Waals surface area contributed by atoms with E-state index in [-0.39, 0.29) is 4.90 Å². The lowest BCUT2D eigenvalue weighted by atomic mass is 9.97. The third kappa shape index (κ3) is 4.57. The maximum Gasteiger partial charge on any atom is 0.279 e. The number of sulfonamides is 1. The molecule has 0 unspecified atom stereocenters. The van der Waals surface area contributed by atoms with Gasteiger partial charge in [-0.25, -0.2) is 4.68 Å². The molecule has 1 atom stereocenters. The Balaban J connectivity index is 1.52. The minimum absolute atomic E-state index is 0.197. The molecule has 2 heterocycles. The van der Waals surface area contributed by atoms with Crippen LogP contribution in [0.25, 0.3) is 16.9 Å². The van der Waals surface area contributed by atoms with Gasteiger partial charge in [0.15, 0.2) is 0 Å². The number of halogens is 1. The zero-order valence-corrected chi connectivity index (χ0v) is 22.6. The van der Waals surface area contributed by atoms with Crippen LogP contribution in [0.4, 0.5) is 0 Å². The minimum Gasteiger partial charge on any atom is -0.240 e. The Morgan fingerprint density at radius 3 is 2.00 bits per heavy atom. The van der Waals surface area contributed by atoms with Gasteiger partial charge in [0.05, 0.1) is 28.0 Å². The zero-order chi connectivity index (χ0) is 26.1. The van der Waals surface area contributed by atoms with E-state index in [0.29, 0.717) is 12.1 Å². The predicted octanol–water partition coefficient (Wildman–Crippen LogP) is 6.84. The van der Waals surface area contributed by atoms with E-state index >= 15 is 0 Å². The first-order chi connectivity index (χ1) is 18.5. The lowest BCUT2D eigenvalue weighted by Gasteiger charge is -2.23. The summed E-state index contributed by atoms with van der Waals surface area (Å²) in [6, 6.07) is 35.3. The monoisotopic (exact) mass is 582 g/mol. The van der Waals surface area contributed by atoms with E-state index in [2.05, 4.69) is 15.9 Å². The van der Waals surface area contributed by atoms with Gasteiger partial charge in [-0.2, -0.15) is 23.0 Å².